The number of hydrogen-bond donors (Lipinski definition) is 1. The van der Waals surface area contributed by atoms with E-state index in [1.54, 1.807) is 0 Å². The number of aliphatic hydroxyl groups excluding tert-OH is 1. The van der Waals surface area contributed by atoms with Crippen LogP contribution in [0.15, 0.2) is 61.1 Å². The average molecular weight is 387 g/mol. The third kappa shape index (κ3) is 2.97. The van der Waals surface area contributed by atoms with Crippen LogP contribution in [-0.2, 0) is 0 Å². The van der Waals surface area contributed by atoms with Gasteiger partial charge in [0.15, 0.2) is 5.78 Å². The molecule has 3 aromatic rings. The molecular weight excluding hydrogens is 362 g/mol. The van der Waals surface area contributed by atoms with Gasteiger partial charge >= 0.3 is 0 Å². The predicted octanol–water partition coefficient (Wildman–Crippen LogP) is 3.93. The second-order valence-electron chi connectivity index (χ2n) is 8.05. The van der Waals surface area contributed by atoms with Crippen LogP contribution in [0.4, 0.5) is 5.69 Å². The normalized spacial score (nSPS) is 18.8. The van der Waals surface area contributed by atoms with Gasteiger partial charge in [0.25, 0.3) is 0 Å². The lowest BCUT2D eigenvalue weighted by molar-refractivity contribution is 0.0736. The fourth-order valence-electron chi connectivity index (χ4n) is 4.72. The monoisotopic (exact) mass is 387 g/mol. The number of rotatable bonds is 6. The van der Waals surface area contributed by atoms with Crippen molar-refractivity contribution in [3.63, 3.8) is 0 Å². The van der Waals surface area contributed by atoms with Crippen LogP contribution in [0.1, 0.15) is 41.7 Å². The first kappa shape index (κ1) is 18.1. The van der Waals surface area contributed by atoms with E-state index in [9.17, 15) is 9.90 Å². The lowest BCUT2D eigenvalue weighted by Crippen LogP contribution is -2.52. The third-order valence-electron chi connectivity index (χ3n) is 6.38. The lowest BCUT2D eigenvalue weighted by atomic mass is 9.87. The van der Waals surface area contributed by atoms with Crippen LogP contribution in [0.2, 0.25) is 0 Å². The molecule has 2 aliphatic heterocycles. The van der Waals surface area contributed by atoms with Crippen LogP contribution in [0.3, 0.4) is 0 Å². The average Bonchev–Trinajstić information content (AvgIpc) is 3.29. The topological polar surface area (TPSA) is 58.4 Å². The summed E-state index contributed by atoms with van der Waals surface area (Å²) in [4.78, 5) is 18.8. The first-order chi connectivity index (χ1) is 14.2. The van der Waals surface area contributed by atoms with Crippen molar-refractivity contribution < 1.29 is 9.90 Å². The molecule has 5 rings (SSSR count). The number of imidazole rings is 1. The highest BCUT2D eigenvalue weighted by Crippen LogP contribution is 2.42. The van der Waals surface area contributed by atoms with Gasteiger partial charge in [-0.3, -0.25) is 4.79 Å². The van der Waals surface area contributed by atoms with E-state index in [2.05, 4.69) is 32.7 Å². The fraction of sp³-hybridized carbons (Fsp3) is 0.333. The molecule has 2 aromatic carbocycles. The first-order valence-corrected chi connectivity index (χ1v) is 10.3. The van der Waals surface area contributed by atoms with Crippen molar-refractivity contribution in [3.8, 4) is 11.3 Å². The minimum Gasteiger partial charge on any atom is -0.393 e. The quantitative estimate of drug-likeness (QED) is 0.651. The van der Waals surface area contributed by atoms with Gasteiger partial charge in [0.1, 0.15) is 0 Å². The van der Waals surface area contributed by atoms with E-state index in [0.717, 1.165) is 30.0 Å². The van der Waals surface area contributed by atoms with E-state index in [4.69, 9.17) is 0 Å². The van der Waals surface area contributed by atoms with E-state index >= 15 is 0 Å². The molecule has 29 heavy (non-hydrogen) atoms. The van der Waals surface area contributed by atoms with E-state index in [-0.39, 0.29) is 17.7 Å². The third-order valence-corrected chi connectivity index (χ3v) is 6.38. The molecule has 2 aliphatic rings. The fourth-order valence-corrected chi connectivity index (χ4v) is 4.72. The van der Waals surface area contributed by atoms with Gasteiger partial charge in [0.2, 0.25) is 0 Å². The van der Waals surface area contributed by atoms with Crippen LogP contribution in [-0.4, -0.2) is 39.6 Å². The molecular formula is C24H25N3O2. The van der Waals surface area contributed by atoms with Gasteiger partial charge in [0, 0.05) is 42.2 Å². The Morgan fingerprint density at radius 3 is 2.76 bits per heavy atom. The minimum absolute atomic E-state index is 0.127. The molecule has 0 aliphatic carbocycles. The number of aliphatic hydroxyl groups is 1. The molecule has 0 saturated carbocycles. The number of carbonyl (C=O) groups excluding carboxylic acids is 1. The van der Waals surface area contributed by atoms with Crippen molar-refractivity contribution in [1.29, 1.82) is 0 Å². The molecule has 1 N–H and O–H groups in total. The number of nitrogens with zero attached hydrogens (tertiary/aromatic N) is 3. The van der Waals surface area contributed by atoms with Crippen molar-refractivity contribution >= 4 is 11.5 Å². The molecule has 1 saturated heterocycles. The van der Waals surface area contributed by atoms with Gasteiger partial charge in [-0.05, 0) is 24.1 Å². The zero-order chi connectivity index (χ0) is 20.0. The molecule has 0 amide bonds. The standard InChI is InChI=1S/C24H25N3O2/c1-2-23(28)19-9-5-6-10-20(19)26-13-16(14-26)24(29)11-21-17-7-3-4-8-18(17)22-12-25-15-27(21)22/h3-10,12,15-16,21,24,29H,2,11,13-14H2,1H3. The molecule has 3 heterocycles. The number of fused-ring (bicyclic) bond motifs is 3. The lowest BCUT2D eigenvalue weighted by Gasteiger charge is -2.44. The Balaban J connectivity index is 1.29. The molecule has 5 nitrogen and oxygen atoms in total. The molecule has 148 valence electrons. The highest BCUT2D eigenvalue weighted by molar-refractivity contribution is 6.01. The summed E-state index contributed by atoms with van der Waals surface area (Å²) >= 11 is 0. The summed E-state index contributed by atoms with van der Waals surface area (Å²) < 4.78 is 2.18. The summed E-state index contributed by atoms with van der Waals surface area (Å²) in [7, 11) is 0. The summed E-state index contributed by atoms with van der Waals surface area (Å²) in [5.74, 6) is 0.374. The number of para-hydroxylation sites is 1. The number of anilines is 1. The van der Waals surface area contributed by atoms with Crippen LogP contribution < -0.4 is 4.90 Å². The maximum atomic E-state index is 12.2. The van der Waals surface area contributed by atoms with Crippen molar-refractivity contribution in [1.82, 2.24) is 9.55 Å². The molecule has 1 fully saturated rings. The highest BCUT2D eigenvalue weighted by Gasteiger charge is 2.37. The maximum Gasteiger partial charge on any atom is 0.164 e. The summed E-state index contributed by atoms with van der Waals surface area (Å²) in [6.45, 7) is 3.45. The van der Waals surface area contributed by atoms with Crippen molar-refractivity contribution in [2.24, 2.45) is 5.92 Å². The largest absolute Gasteiger partial charge is 0.393 e. The number of aromatic nitrogens is 2. The number of ketones is 1. The van der Waals surface area contributed by atoms with Gasteiger partial charge in [-0.15, -0.1) is 0 Å². The number of hydrogen-bond acceptors (Lipinski definition) is 4. The van der Waals surface area contributed by atoms with Crippen LogP contribution in [0, 0.1) is 5.92 Å². The zero-order valence-corrected chi connectivity index (χ0v) is 16.5. The SMILES string of the molecule is CCC(=O)c1ccccc1N1CC(C(O)CC2c3ccccc3-c3cncn32)C1. The predicted molar refractivity (Wildman–Crippen MR) is 113 cm³/mol. The molecule has 1 aromatic heterocycles. The smallest absolute Gasteiger partial charge is 0.164 e. The molecule has 0 spiro atoms. The van der Waals surface area contributed by atoms with E-state index in [1.807, 2.05) is 49.8 Å². The Hall–Kier alpha value is -2.92. The Morgan fingerprint density at radius 1 is 1.17 bits per heavy atom. The van der Waals surface area contributed by atoms with Gasteiger partial charge in [0.05, 0.1) is 30.4 Å². The first-order valence-electron chi connectivity index (χ1n) is 10.3. The number of Topliss-reactive ketones (excluding diaryl/α,β-unsaturated/α-hetero) is 1. The number of carbonyl (C=O) groups is 1. The summed E-state index contributed by atoms with van der Waals surface area (Å²) in [6, 6.07) is 16.3. The summed E-state index contributed by atoms with van der Waals surface area (Å²) in [5.41, 5.74) is 5.38. The highest BCUT2D eigenvalue weighted by atomic mass is 16.3. The second-order valence-corrected chi connectivity index (χ2v) is 8.05. The summed E-state index contributed by atoms with van der Waals surface area (Å²) in [5, 5.41) is 11.0. The minimum atomic E-state index is -0.397. The Labute approximate surface area is 170 Å². The molecule has 2 unspecified atom stereocenters. The Kier molecular flexibility index (Phi) is 4.47. The van der Waals surface area contributed by atoms with Gasteiger partial charge in [-0.25, -0.2) is 4.98 Å². The maximum absolute atomic E-state index is 12.2. The van der Waals surface area contributed by atoms with Crippen LogP contribution in [0.25, 0.3) is 11.3 Å². The zero-order valence-electron chi connectivity index (χ0n) is 16.5. The number of benzene rings is 2. The van der Waals surface area contributed by atoms with E-state index in [1.165, 1.54) is 11.1 Å². The van der Waals surface area contributed by atoms with E-state index in [0.29, 0.717) is 12.8 Å². The van der Waals surface area contributed by atoms with E-state index < -0.39 is 6.10 Å². The molecule has 2 atom stereocenters. The molecule has 0 bridgehead atoms. The molecule has 5 heteroatoms. The van der Waals surface area contributed by atoms with Gasteiger partial charge in [-0.2, -0.15) is 0 Å². The van der Waals surface area contributed by atoms with Crippen molar-refractivity contribution in [2.75, 3.05) is 18.0 Å². The van der Waals surface area contributed by atoms with Crippen LogP contribution in [0.5, 0.6) is 0 Å². The van der Waals surface area contributed by atoms with Gasteiger partial charge in [-0.1, -0.05) is 43.3 Å². The molecule has 0 radical (unpaired) electrons. The Bertz CT molecular complexity index is 1050. The second kappa shape index (κ2) is 7.16. The van der Waals surface area contributed by atoms with Gasteiger partial charge < -0.3 is 14.6 Å². The van der Waals surface area contributed by atoms with Crippen molar-refractivity contribution in [2.45, 2.75) is 31.9 Å². The van der Waals surface area contributed by atoms with Crippen molar-refractivity contribution in [3.05, 3.63) is 72.2 Å². The Morgan fingerprint density at radius 2 is 1.93 bits per heavy atom. The van der Waals surface area contributed by atoms with Crippen LogP contribution >= 0.6 is 0 Å². The summed E-state index contributed by atoms with van der Waals surface area (Å²) in [6.07, 6.45) is 4.55.